The molecule has 0 spiro atoms. The minimum Gasteiger partial charge on any atom is -0.508 e. The van der Waals surface area contributed by atoms with Gasteiger partial charge in [0.2, 0.25) is 0 Å². The van der Waals surface area contributed by atoms with Gasteiger partial charge in [-0.1, -0.05) is 30.3 Å². The van der Waals surface area contributed by atoms with Crippen LogP contribution in [0.15, 0.2) is 54.7 Å². The second-order valence-corrected chi connectivity index (χ2v) is 6.32. The number of nitrogens with zero attached hydrogens (tertiary/aromatic N) is 2. The molecule has 4 nitrogen and oxygen atoms in total. The molecule has 1 aliphatic heterocycles. The zero-order valence-corrected chi connectivity index (χ0v) is 13.4. The van der Waals surface area contributed by atoms with E-state index in [0.717, 1.165) is 42.4 Å². The Hall–Kier alpha value is -2.59. The highest BCUT2D eigenvalue weighted by atomic mass is 16.3. The SMILES string of the molecule is Oc1cccc([C@@H](c2ccc3cccnc3c2O)N2CCCC2)c1. The summed E-state index contributed by atoms with van der Waals surface area (Å²) in [5.74, 6) is 0.475. The van der Waals surface area contributed by atoms with Crippen LogP contribution in [-0.2, 0) is 0 Å². The highest BCUT2D eigenvalue weighted by Crippen LogP contribution is 2.39. The first-order valence-electron chi connectivity index (χ1n) is 8.33. The molecule has 0 saturated carbocycles. The molecule has 0 aliphatic carbocycles. The third kappa shape index (κ3) is 2.59. The van der Waals surface area contributed by atoms with Gasteiger partial charge in [-0.25, -0.2) is 0 Å². The average molecular weight is 320 g/mol. The maximum atomic E-state index is 10.9. The number of pyridine rings is 1. The van der Waals surface area contributed by atoms with Crippen molar-refractivity contribution in [2.45, 2.75) is 18.9 Å². The van der Waals surface area contributed by atoms with Gasteiger partial charge >= 0.3 is 0 Å². The summed E-state index contributed by atoms with van der Waals surface area (Å²) in [4.78, 5) is 6.70. The second-order valence-electron chi connectivity index (χ2n) is 6.32. The van der Waals surface area contributed by atoms with Crippen molar-refractivity contribution in [2.75, 3.05) is 13.1 Å². The lowest BCUT2D eigenvalue weighted by Gasteiger charge is -2.29. The van der Waals surface area contributed by atoms with E-state index in [1.54, 1.807) is 18.3 Å². The first-order valence-corrected chi connectivity index (χ1v) is 8.33. The molecule has 3 aromatic rings. The molecule has 1 aliphatic rings. The number of aromatic hydroxyl groups is 2. The molecule has 4 rings (SSSR count). The molecule has 2 heterocycles. The molecule has 24 heavy (non-hydrogen) atoms. The summed E-state index contributed by atoms with van der Waals surface area (Å²) in [5, 5.41) is 21.7. The van der Waals surface area contributed by atoms with E-state index in [0.29, 0.717) is 5.52 Å². The number of fused-ring (bicyclic) bond motifs is 1. The van der Waals surface area contributed by atoms with Crippen LogP contribution in [0.25, 0.3) is 10.9 Å². The standard InChI is InChI=1S/C20H20N2O2/c23-16-7-3-5-15(13-16)19(22-11-1-2-12-22)17-9-8-14-6-4-10-21-18(14)20(17)24/h3-10,13,19,23-24H,1-2,11-12H2/t19-/m0/s1. The molecule has 0 radical (unpaired) electrons. The fourth-order valence-corrected chi connectivity index (χ4v) is 3.65. The number of likely N-dealkylation sites (tertiary alicyclic amines) is 1. The largest absolute Gasteiger partial charge is 0.508 e. The summed E-state index contributed by atoms with van der Waals surface area (Å²) < 4.78 is 0. The maximum Gasteiger partial charge on any atom is 0.146 e. The summed E-state index contributed by atoms with van der Waals surface area (Å²) in [6.07, 6.45) is 4.01. The summed E-state index contributed by atoms with van der Waals surface area (Å²) in [6, 6.07) is 15.0. The molecule has 2 aromatic carbocycles. The Bertz CT molecular complexity index is 872. The lowest BCUT2D eigenvalue weighted by atomic mass is 9.95. The van der Waals surface area contributed by atoms with Gasteiger partial charge in [-0.05, 0) is 49.7 Å². The van der Waals surface area contributed by atoms with Gasteiger partial charge in [-0.2, -0.15) is 0 Å². The minimum atomic E-state index is -0.0778. The van der Waals surface area contributed by atoms with Crippen LogP contribution in [0.3, 0.4) is 0 Å². The fourth-order valence-electron chi connectivity index (χ4n) is 3.65. The van der Waals surface area contributed by atoms with E-state index < -0.39 is 0 Å². The zero-order chi connectivity index (χ0) is 16.5. The van der Waals surface area contributed by atoms with Gasteiger partial charge in [0.15, 0.2) is 0 Å². The van der Waals surface area contributed by atoms with Crippen molar-refractivity contribution in [3.05, 3.63) is 65.9 Å². The predicted molar refractivity (Wildman–Crippen MR) is 94.2 cm³/mol. The lowest BCUT2D eigenvalue weighted by Crippen LogP contribution is -2.26. The van der Waals surface area contributed by atoms with Crippen molar-refractivity contribution >= 4 is 10.9 Å². The Morgan fingerprint density at radius 1 is 0.958 bits per heavy atom. The summed E-state index contributed by atoms with van der Waals surface area (Å²) in [6.45, 7) is 1.97. The number of hydrogen-bond donors (Lipinski definition) is 2. The Balaban J connectivity index is 1.88. The molecule has 4 heteroatoms. The molecule has 2 N–H and O–H groups in total. The highest BCUT2D eigenvalue weighted by molar-refractivity contribution is 5.85. The van der Waals surface area contributed by atoms with Gasteiger partial charge in [0.1, 0.15) is 17.0 Å². The van der Waals surface area contributed by atoms with E-state index in [2.05, 4.69) is 9.88 Å². The van der Waals surface area contributed by atoms with Gasteiger partial charge in [0.05, 0.1) is 6.04 Å². The van der Waals surface area contributed by atoms with Gasteiger partial charge in [0.25, 0.3) is 0 Å². The van der Waals surface area contributed by atoms with Crippen LogP contribution in [0, 0.1) is 0 Å². The van der Waals surface area contributed by atoms with Crippen molar-refractivity contribution < 1.29 is 10.2 Å². The quantitative estimate of drug-likeness (QED) is 0.770. The van der Waals surface area contributed by atoms with Crippen LogP contribution in [0.1, 0.15) is 30.0 Å². The van der Waals surface area contributed by atoms with Crippen molar-refractivity contribution in [3.8, 4) is 11.5 Å². The number of aromatic nitrogens is 1. The third-order valence-corrected chi connectivity index (χ3v) is 4.77. The van der Waals surface area contributed by atoms with Gasteiger partial charge in [0, 0.05) is 17.1 Å². The number of phenols is 2. The van der Waals surface area contributed by atoms with Crippen LogP contribution < -0.4 is 0 Å². The fraction of sp³-hybridized carbons (Fsp3) is 0.250. The number of rotatable bonds is 3. The van der Waals surface area contributed by atoms with Gasteiger partial charge in [-0.15, -0.1) is 0 Å². The minimum absolute atomic E-state index is 0.0778. The van der Waals surface area contributed by atoms with Crippen LogP contribution in [0.2, 0.25) is 0 Å². The van der Waals surface area contributed by atoms with Gasteiger partial charge < -0.3 is 10.2 Å². The summed E-state index contributed by atoms with van der Waals surface area (Å²) in [5.41, 5.74) is 2.45. The molecule has 122 valence electrons. The Kier molecular flexibility index (Phi) is 3.82. The first-order chi connectivity index (χ1) is 11.7. The third-order valence-electron chi connectivity index (χ3n) is 4.77. The molecule has 1 saturated heterocycles. The Labute approximate surface area is 141 Å². The van der Waals surface area contributed by atoms with E-state index in [4.69, 9.17) is 0 Å². The number of hydrogen-bond acceptors (Lipinski definition) is 4. The summed E-state index contributed by atoms with van der Waals surface area (Å²) >= 11 is 0. The normalized spacial score (nSPS) is 16.5. The molecular weight excluding hydrogens is 300 g/mol. The lowest BCUT2D eigenvalue weighted by molar-refractivity contribution is 0.275. The average Bonchev–Trinajstić information content (AvgIpc) is 3.12. The smallest absolute Gasteiger partial charge is 0.146 e. The van der Waals surface area contributed by atoms with Gasteiger partial charge in [-0.3, -0.25) is 9.88 Å². The molecule has 1 fully saturated rings. The molecule has 0 bridgehead atoms. The Morgan fingerprint density at radius 2 is 1.79 bits per heavy atom. The molecule has 0 unspecified atom stereocenters. The van der Waals surface area contributed by atoms with Crippen molar-refractivity contribution in [3.63, 3.8) is 0 Å². The van der Waals surface area contributed by atoms with Crippen LogP contribution in [0.5, 0.6) is 11.5 Å². The maximum absolute atomic E-state index is 10.9. The van der Waals surface area contributed by atoms with E-state index in [-0.39, 0.29) is 17.5 Å². The van der Waals surface area contributed by atoms with Crippen LogP contribution in [0.4, 0.5) is 0 Å². The van der Waals surface area contributed by atoms with Crippen molar-refractivity contribution in [2.24, 2.45) is 0 Å². The van der Waals surface area contributed by atoms with E-state index >= 15 is 0 Å². The monoisotopic (exact) mass is 320 g/mol. The topological polar surface area (TPSA) is 56.6 Å². The number of benzene rings is 2. The first kappa shape index (κ1) is 15.0. The van der Waals surface area contributed by atoms with Crippen molar-refractivity contribution in [1.29, 1.82) is 0 Å². The highest BCUT2D eigenvalue weighted by Gasteiger charge is 2.28. The molecule has 1 atom stereocenters. The molecule has 0 amide bonds. The Morgan fingerprint density at radius 3 is 2.58 bits per heavy atom. The summed E-state index contributed by atoms with van der Waals surface area (Å²) in [7, 11) is 0. The molecular formula is C20H20N2O2. The predicted octanol–water partition coefficient (Wildman–Crippen LogP) is 3.83. The van der Waals surface area contributed by atoms with E-state index in [1.807, 2.05) is 36.4 Å². The zero-order valence-electron chi connectivity index (χ0n) is 13.4. The van der Waals surface area contributed by atoms with Crippen LogP contribution >= 0.6 is 0 Å². The second kappa shape index (κ2) is 6.13. The molecule has 1 aromatic heterocycles. The van der Waals surface area contributed by atoms with E-state index in [1.165, 1.54) is 0 Å². The van der Waals surface area contributed by atoms with E-state index in [9.17, 15) is 10.2 Å². The van der Waals surface area contributed by atoms with Crippen LogP contribution in [-0.4, -0.2) is 33.2 Å². The number of phenolic OH excluding ortho intramolecular Hbond substituents is 2. The van der Waals surface area contributed by atoms with Crippen molar-refractivity contribution in [1.82, 2.24) is 9.88 Å².